The molecule has 0 unspecified atom stereocenters. The topological polar surface area (TPSA) is 59.5 Å². The Morgan fingerprint density at radius 2 is 1.83 bits per heavy atom. The molecular formula is C17H22N4O2. The molecule has 6 heteroatoms. The van der Waals surface area contributed by atoms with Crippen molar-refractivity contribution in [1.82, 2.24) is 15.3 Å². The van der Waals surface area contributed by atoms with Gasteiger partial charge in [0.05, 0.1) is 13.2 Å². The molecule has 0 bridgehead atoms. The van der Waals surface area contributed by atoms with Crippen LogP contribution in [0.2, 0.25) is 0 Å². The van der Waals surface area contributed by atoms with Crippen molar-refractivity contribution in [2.75, 3.05) is 44.4 Å². The van der Waals surface area contributed by atoms with Gasteiger partial charge in [-0.15, -0.1) is 0 Å². The van der Waals surface area contributed by atoms with Gasteiger partial charge in [0.1, 0.15) is 12.4 Å². The number of anilines is 1. The Kier molecular flexibility index (Phi) is 5.77. The summed E-state index contributed by atoms with van der Waals surface area (Å²) in [6.07, 6.45) is 3.76. The SMILES string of the molecule is c1ccc(OCCNCc2cnc(N3CCOCC3)nc2)cc1. The third-order valence-electron chi connectivity index (χ3n) is 3.61. The van der Waals surface area contributed by atoms with Gasteiger partial charge in [-0.1, -0.05) is 18.2 Å². The number of ether oxygens (including phenoxy) is 2. The molecule has 1 saturated heterocycles. The number of benzene rings is 1. The van der Waals surface area contributed by atoms with Crippen molar-refractivity contribution in [2.24, 2.45) is 0 Å². The Balaban J connectivity index is 1.37. The molecule has 0 spiro atoms. The van der Waals surface area contributed by atoms with E-state index in [9.17, 15) is 0 Å². The van der Waals surface area contributed by atoms with E-state index in [1.165, 1.54) is 0 Å². The molecule has 0 amide bonds. The minimum Gasteiger partial charge on any atom is -0.492 e. The quantitative estimate of drug-likeness (QED) is 0.781. The summed E-state index contributed by atoms with van der Waals surface area (Å²) in [5.41, 5.74) is 1.07. The van der Waals surface area contributed by atoms with E-state index in [1.807, 2.05) is 42.7 Å². The molecule has 122 valence electrons. The molecular weight excluding hydrogens is 292 g/mol. The van der Waals surface area contributed by atoms with Crippen molar-refractivity contribution < 1.29 is 9.47 Å². The highest BCUT2D eigenvalue weighted by atomic mass is 16.5. The molecule has 0 aliphatic carbocycles. The van der Waals surface area contributed by atoms with Gasteiger partial charge >= 0.3 is 0 Å². The zero-order valence-electron chi connectivity index (χ0n) is 13.1. The lowest BCUT2D eigenvalue weighted by Crippen LogP contribution is -2.37. The van der Waals surface area contributed by atoms with Gasteiger partial charge in [-0.05, 0) is 12.1 Å². The minimum absolute atomic E-state index is 0.636. The predicted molar refractivity (Wildman–Crippen MR) is 88.7 cm³/mol. The summed E-state index contributed by atoms with van der Waals surface area (Å²) in [6.45, 7) is 5.35. The average Bonchev–Trinajstić information content (AvgIpc) is 2.64. The van der Waals surface area contributed by atoms with E-state index in [1.54, 1.807) is 0 Å². The van der Waals surface area contributed by atoms with Gasteiger partial charge in [0, 0.05) is 44.1 Å². The number of nitrogens with zero attached hydrogens (tertiary/aromatic N) is 3. The number of hydrogen-bond donors (Lipinski definition) is 1. The zero-order chi connectivity index (χ0) is 15.7. The number of aromatic nitrogens is 2. The van der Waals surface area contributed by atoms with Crippen molar-refractivity contribution in [3.63, 3.8) is 0 Å². The molecule has 1 aromatic heterocycles. The van der Waals surface area contributed by atoms with E-state index in [4.69, 9.17) is 9.47 Å². The molecule has 1 aromatic carbocycles. The fourth-order valence-electron chi connectivity index (χ4n) is 2.36. The summed E-state index contributed by atoms with van der Waals surface area (Å²) in [7, 11) is 0. The molecule has 0 saturated carbocycles. The number of para-hydroxylation sites is 1. The molecule has 1 N–H and O–H groups in total. The lowest BCUT2D eigenvalue weighted by molar-refractivity contribution is 0.122. The summed E-state index contributed by atoms with van der Waals surface area (Å²) in [5.74, 6) is 1.68. The second-order valence-electron chi connectivity index (χ2n) is 5.33. The van der Waals surface area contributed by atoms with E-state index in [-0.39, 0.29) is 0 Å². The molecule has 2 heterocycles. The fraction of sp³-hybridized carbons (Fsp3) is 0.412. The van der Waals surface area contributed by atoms with E-state index < -0.39 is 0 Å². The van der Waals surface area contributed by atoms with Crippen LogP contribution in [-0.4, -0.2) is 49.4 Å². The van der Waals surface area contributed by atoms with Crippen LogP contribution in [0.15, 0.2) is 42.7 Å². The van der Waals surface area contributed by atoms with E-state index in [0.29, 0.717) is 6.61 Å². The largest absolute Gasteiger partial charge is 0.492 e. The van der Waals surface area contributed by atoms with Crippen LogP contribution in [0.1, 0.15) is 5.56 Å². The summed E-state index contributed by atoms with van der Waals surface area (Å²) >= 11 is 0. The Hall–Kier alpha value is -2.18. The van der Waals surface area contributed by atoms with Gasteiger partial charge in [-0.25, -0.2) is 9.97 Å². The molecule has 2 aromatic rings. The zero-order valence-corrected chi connectivity index (χ0v) is 13.1. The van der Waals surface area contributed by atoms with Crippen molar-refractivity contribution in [3.05, 3.63) is 48.3 Å². The standard InChI is InChI=1S/C17H22N4O2/c1-2-4-16(5-3-1)23-9-6-18-12-15-13-19-17(20-14-15)21-7-10-22-11-8-21/h1-5,13-14,18H,6-12H2. The Morgan fingerprint density at radius 3 is 2.57 bits per heavy atom. The Labute approximate surface area is 136 Å². The van der Waals surface area contributed by atoms with E-state index in [0.717, 1.165) is 56.7 Å². The van der Waals surface area contributed by atoms with Crippen LogP contribution in [0.4, 0.5) is 5.95 Å². The molecule has 1 aliphatic rings. The van der Waals surface area contributed by atoms with Crippen molar-refractivity contribution >= 4 is 5.95 Å². The third-order valence-corrected chi connectivity index (χ3v) is 3.61. The van der Waals surface area contributed by atoms with Crippen LogP contribution < -0.4 is 15.0 Å². The third kappa shape index (κ3) is 4.91. The van der Waals surface area contributed by atoms with Gasteiger partial charge in [0.25, 0.3) is 0 Å². The molecule has 3 rings (SSSR count). The van der Waals surface area contributed by atoms with Crippen molar-refractivity contribution in [3.8, 4) is 5.75 Å². The normalized spacial score (nSPS) is 14.7. The molecule has 0 radical (unpaired) electrons. The van der Waals surface area contributed by atoms with E-state index in [2.05, 4.69) is 20.2 Å². The van der Waals surface area contributed by atoms with Gasteiger partial charge in [0.2, 0.25) is 5.95 Å². The maximum atomic E-state index is 5.63. The lowest BCUT2D eigenvalue weighted by atomic mass is 10.3. The highest BCUT2D eigenvalue weighted by Crippen LogP contribution is 2.09. The summed E-state index contributed by atoms with van der Waals surface area (Å²) in [4.78, 5) is 11.0. The van der Waals surface area contributed by atoms with Crippen molar-refractivity contribution in [2.45, 2.75) is 6.54 Å². The van der Waals surface area contributed by atoms with Gasteiger partial charge < -0.3 is 19.7 Å². The highest BCUT2D eigenvalue weighted by Gasteiger charge is 2.13. The van der Waals surface area contributed by atoms with Crippen LogP contribution in [0.3, 0.4) is 0 Å². The Bertz CT molecular complexity index is 571. The first-order chi connectivity index (χ1) is 11.4. The molecule has 1 aliphatic heterocycles. The number of hydrogen-bond acceptors (Lipinski definition) is 6. The molecule has 1 fully saturated rings. The first kappa shape index (κ1) is 15.7. The first-order valence-corrected chi connectivity index (χ1v) is 7.94. The second kappa shape index (κ2) is 8.45. The maximum absolute atomic E-state index is 5.63. The summed E-state index contributed by atoms with van der Waals surface area (Å²) in [5, 5.41) is 3.33. The van der Waals surface area contributed by atoms with Gasteiger partial charge in [0.15, 0.2) is 0 Å². The minimum atomic E-state index is 0.636. The second-order valence-corrected chi connectivity index (χ2v) is 5.33. The molecule has 23 heavy (non-hydrogen) atoms. The van der Waals surface area contributed by atoms with Gasteiger partial charge in [-0.2, -0.15) is 0 Å². The number of morpholine rings is 1. The van der Waals surface area contributed by atoms with Crippen LogP contribution in [0, 0.1) is 0 Å². The van der Waals surface area contributed by atoms with Gasteiger partial charge in [-0.3, -0.25) is 0 Å². The van der Waals surface area contributed by atoms with Crippen molar-refractivity contribution in [1.29, 1.82) is 0 Å². The Morgan fingerprint density at radius 1 is 1.09 bits per heavy atom. The predicted octanol–water partition coefficient (Wildman–Crippen LogP) is 1.48. The van der Waals surface area contributed by atoms with Crippen LogP contribution in [0.25, 0.3) is 0 Å². The smallest absolute Gasteiger partial charge is 0.225 e. The van der Waals surface area contributed by atoms with E-state index >= 15 is 0 Å². The maximum Gasteiger partial charge on any atom is 0.225 e. The van der Waals surface area contributed by atoms with Crippen LogP contribution in [0.5, 0.6) is 5.75 Å². The lowest BCUT2D eigenvalue weighted by Gasteiger charge is -2.26. The van der Waals surface area contributed by atoms with Crippen LogP contribution in [-0.2, 0) is 11.3 Å². The average molecular weight is 314 g/mol. The number of nitrogens with one attached hydrogen (secondary N) is 1. The molecule has 6 nitrogen and oxygen atoms in total. The van der Waals surface area contributed by atoms with Crippen LogP contribution >= 0.6 is 0 Å². The first-order valence-electron chi connectivity index (χ1n) is 7.94. The highest BCUT2D eigenvalue weighted by molar-refractivity contribution is 5.30. The fourth-order valence-corrected chi connectivity index (χ4v) is 2.36. The number of rotatable bonds is 7. The summed E-state index contributed by atoms with van der Waals surface area (Å²) < 4.78 is 11.0. The summed E-state index contributed by atoms with van der Waals surface area (Å²) in [6, 6.07) is 9.83. The monoisotopic (exact) mass is 314 g/mol. The molecule has 0 atom stereocenters.